The molecule has 1 aromatic carbocycles. The van der Waals surface area contributed by atoms with Gasteiger partial charge in [0.2, 0.25) is 10.0 Å². The molecule has 0 aromatic heterocycles. The number of esters is 1. The summed E-state index contributed by atoms with van der Waals surface area (Å²) in [6, 6.07) is 4.45. The van der Waals surface area contributed by atoms with E-state index in [0.717, 1.165) is 4.31 Å². The summed E-state index contributed by atoms with van der Waals surface area (Å²) in [5.41, 5.74) is 0. The minimum atomic E-state index is -3.82. The van der Waals surface area contributed by atoms with E-state index in [-0.39, 0.29) is 23.0 Å². The van der Waals surface area contributed by atoms with Crippen molar-refractivity contribution < 1.29 is 17.9 Å². The van der Waals surface area contributed by atoms with Crippen LogP contribution in [0.15, 0.2) is 27.6 Å². The largest absolute Gasteiger partial charge is 0.468 e. The van der Waals surface area contributed by atoms with Crippen LogP contribution in [0.5, 0.6) is 0 Å². The van der Waals surface area contributed by atoms with Crippen LogP contribution >= 0.6 is 27.5 Å². The Morgan fingerprint density at radius 1 is 1.47 bits per heavy atom. The van der Waals surface area contributed by atoms with Crippen molar-refractivity contribution in [1.29, 1.82) is 0 Å². The summed E-state index contributed by atoms with van der Waals surface area (Å²) in [4.78, 5) is 11.2. The molecule has 0 amide bonds. The van der Waals surface area contributed by atoms with E-state index in [1.54, 1.807) is 13.0 Å². The summed E-state index contributed by atoms with van der Waals surface area (Å²) in [6.45, 7) is 1.43. The third kappa shape index (κ3) is 3.92. The Hall–Kier alpha value is -0.630. The molecule has 0 heterocycles. The van der Waals surface area contributed by atoms with Gasteiger partial charge in [0.25, 0.3) is 0 Å². The summed E-state index contributed by atoms with van der Waals surface area (Å²) in [7, 11) is -2.62. The van der Waals surface area contributed by atoms with Crippen LogP contribution in [0.3, 0.4) is 0 Å². The zero-order valence-electron chi connectivity index (χ0n) is 10.4. The number of hydrogen-bond donors (Lipinski definition) is 0. The minimum Gasteiger partial charge on any atom is -0.468 e. The fourth-order valence-electron chi connectivity index (χ4n) is 1.40. The number of halogens is 2. The fraction of sp³-hybridized carbons (Fsp3) is 0.364. The standard InChI is InChI=1S/C11H13BrClNO4S/c1-3-14(7-11(15)18-2)19(16,17)10-5-4-8(12)6-9(10)13/h4-6H,3,7H2,1-2H3. The molecule has 0 unspecified atom stereocenters. The first-order valence-corrected chi connectivity index (χ1v) is 7.96. The van der Waals surface area contributed by atoms with Crippen molar-refractivity contribution >= 4 is 43.5 Å². The van der Waals surface area contributed by atoms with Crippen LogP contribution in [0, 0.1) is 0 Å². The number of nitrogens with zero attached hydrogens (tertiary/aromatic N) is 1. The van der Waals surface area contributed by atoms with Gasteiger partial charge < -0.3 is 4.74 Å². The van der Waals surface area contributed by atoms with Gasteiger partial charge in [-0.2, -0.15) is 4.31 Å². The van der Waals surface area contributed by atoms with Crippen LogP contribution in [0.4, 0.5) is 0 Å². The number of likely N-dealkylation sites (N-methyl/N-ethyl adjacent to an activating group) is 1. The number of rotatable bonds is 5. The van der Waals surface area contributed by atoms with E-state index in [4.69, 9.17) is 11.6 Å². The Bertz CT molecular complexity index is 576. The molecule has 106 valence electrons. The number of sulfonamides is 1. The molecule has 1 rings (SSSR count). The maximum absolute atomic E-state index is 12.4. The Labute approximate surface area is 125 Å². The van der Waals surface area contributed by atoms with Gasteiger partial charge >= 0.3 is 5.97 Å². The second-order valence-electron chi connectivity index (χ2n) is 3.58. The molecule has 0 saturated heterocycles. The van der Waals surface area contributed by atoms with Gasteiger partial charge in [-0.25, -0.2) is 8.42 Å². The Balaban J connectivity index is 3.17. The summed E-state index contributed by atoms with van der Waals surface area (Å²) in [5.74, 6) is -0.626. The molecule has 0 fully saturated rings. The first kappa shape index (κ1) is 16.4. The van der Waals surface area contributed by atoms with Crippen molar-refractivity contribution in [3.05, 3.63) is 27.7 Å². The summed E-state index contributed by atoms with van der Waals surface area (Å²) in [6.07, 6.45) is 0. The SMILES string of the molecule is CCN(CC(=O)OC)S(=O)(=O)c1ccc(Br)cc1Cl. The third-order valence-electron chi connectivity index (χ3n) is 2.40. The molecule has 8 heteroatoms. The molecule has 0 N–H and O–H groups in total. The van der Waals surface area contributed by atoms with Crippen molar-refractivity contribution in [2.45, 2.75) is 11.8 Å². The highest BCUT2D eigenvalue weighted by molar-refractivity contribution is 9.10. The number of carbonyl (C=O) groups is 1. The lowest BCUT2D eigenvalue weighted by Crippen LogP contribution is -2.36. The predicted octanol–water partition coefficient (Wildman–Crippen LogP) is 2.29. The molecular formula is C11H13BrClNO4S. The smallest absolute Gasteiger partial charge is 0.321 e. The Morgan fingerprint density at radius 2 is 2.11 bits per heavy atom. The Morgan fingerprint density at radius 3 is 2.58 bits per heavy atom. The highest BCUT2D eigenvalue weighted by atomic mass is 79.9. The molecule has 19 heavy (non-hydrogen) atoms. The topological polar surface area (TPSA) is 63.7 Å². The maximum Gasteiger partial charge on any atom is 0.321 e. The molecule has 0 radical (unpaired) electrons. The fourth-order valence-corrected chi connectivity index (χ4v) is 3.80. The minimum absolute atomic E-state index is 0.0388. The highest BCUT2D eigenvalue weighted by Crippen LogP contribution is 2.27. The van der Waals surface area contributed by atoms with Crippen molar-refractivity contribution in [2.24, 2.45) is 0 Å². The molecule has 1 aromatic rings. The van der Waals surface area contributed by atoms with Gasteiger partial charge in [-0.1, -0.05) is 34.5 Å². The van der Waals surface area contributed by atoms with Crippen molar-refractivity contribution in [1.82, 2.24) is 4.31 Å². The molecule has 0 aliphatic carbocycles. The number of benzene rings is 1. The first-order chi connectivity index (χ1) is 8.82. The average molecular weight is 371 g/mol. The Kier molecular flexibility index (Phi) is 5.79. The molecule has 0 aliphatic rings. The molecule has 0 aliphatic heterocycles. The van der Waals surface area contributed by atoms with E-state index in [1.807, 2.05) is 0 Å². The van der Waals surface area contributed by atoms with Crippen LogP contribution in [0.2, 0.25) is 5.02 Å². The van der Waals surface area contributed by atoms with Gasteiger partial charge in [0.1, 0.15) is 11.4 Å². The van der Waals surface area contributed by atoms with Gasteiger partial charge in [-0.05, 0) is 18.2 Å². The number of ether oxygens (including phenoxy) is 1. The van der Waals surface area contributed by atoms with Crippen LogP contribution < -0.4 is 0 Å². The lowest BCUT2D eigenvalue weighted by molar-refractivity contribution is -0.140. The van der Waals surface area contributed by atoms with Crippen LogP contribution in [-0.4, -0.2) is 38.9 Å². The molecule has 0 atom stereocenters. The van der Waals surface area contributed by atoms with E-state index in [9.17, 15) is 13.2 Å². The van der Waals surface area contributed by atoms with E-state index < -0.39 is 16.0 Å². The van der Waals surface area contributed by atoms with Gasteiger partial charge in [0, 0.05) is 11.0 Å². The van der Waals surface area contributed by atoms with Crippen LogP contribution in [0.1, 0.15) is 6.92 Å². The van der Waals surface area contributed by atoms with Crippen molar-refractivity contribution in [2.75, 3.05) is 20.2 Å². The molecule has 0 bridgehead atoms. The highest BCUT2D eigenvalue weighted by Gasteiger charge is 2.27. The molecule has 0 spiro atoms. The van der Waals surface area contributed by atoms with Gasteiger partial charge in [0.05, 0.1) is 12.1 Å². The number of methoxy groups -OCH3 is 1. The van der Waals surface area contributed by atoms with E-state index >= 15 is 0 Å². The van der Waals surface area contributed by atoms with Gasteiger partial charge in [0.15, 0.2) is 0 Å². The molecular weight excluding hydrogens is 358 g/mol. The second-order valence-corrected chi connectivity index (χ2v) is 6.81. The van der Waals surface area contributed by atoms with Crippen molar-refractivity contribution in [3.63, 3.8) is 0 Å². The lowest BCUT2D eigenvalue weighted by Gasteiger charge is -2.19. The van der Waals surface area contributed by atoms with E-state index in [0.29, 0.717) is 4.47 Å². The summed E-state index contributed by atoms with van der Waals surface area (Å²) >= 11 is 9.14. The molecule has 0 saturated carbocycles. The van der Waals surface area contributed by atoms with Gasteiger partial charge in [-0.3, -0.25) is 4.79 Å². The zero-order chi connectivity index (χ0) is 14.6. The zero-order valence-corrected chi connectivity index (χ0v) is 13.5. The average Bonchev–Trinajstić information content (AvgIpc) is 2.34. The summed E-state index contributed by atoms with van der Waals surface area (Å²) < 4.78 is 30.9. The number of hydrogen-bond acceptors (Lipinski definition) is 4. The van der Waals surface area contributed by atoms with E-state index in [1.165, 1.54) is 19.2 Å². The van der Waals surface area contributed by atoms with E-state index in [2.05, 4.69) is 20.7 Å². The third-order valence-corrected chi connectivity index (χ3v) is 5.29. The maximum atomic E-state index is 12.4. The summed E-state index contributed by atoms with van der Waals surface area (Å²) in [5, 5.41) is 0.0951. The normalized spacial score (nSPS) is 11.6. The van der Waals surface area contributed by atoms with Gasteiger partial charge in [-0.15, -0.1) is 0 Å². The quantitative estimate of drug-likeness (QED) is 0.746. The van der Waals surface area contributed by atoms with Crippen LogP contribution in [0.25, 0.3) is 0 Å². The van der Waals surface area contributed by atoms with Crippen molar-refractivity contribution in [3.8, 4) is 0 Å². The monoisotopic (exact) mass is 369 g/mol. The molecule has 5 nitrogen and oxygen atoms in total. The number of carbonyl (C=O) groups excluding carboxylic acids is 1. The lowest BCUT2D eigenvalue weighted by atomic mass is 10.4. The second kappa shape index (κ2) is 6.69. The first-order valence-electron chi connectivity index (χ1n) is 5.35. The predicted molar refractivity (Wildman–Crippen MR) is 75.6 cm³/mol. The van der Waals surface area contributed by atoms with Crippen LogP contribution in [-0.2, 0) is 19.6 Å².